The van der Waals surface area contributed by atoms with E-state index >= 15 is 0 Å². The summed E-state index contributed by atoms with van der Waals surface area (Å²) in [6, 6.07) is 16.4. The summed E-state index contributed by atoms with van der Waals surface area (Å²) in [6.07, 6.45) is 6.35. The van der Waals surface area contributed by atoms with E-state index in [1.54, 1.807) is 20.4 Å². The number of aromatic nitrogens is 2. The van der Waals surface area contributed by atoms with Gasteiger partial charge in [0.05, 0.1) is 20.4 Å². The number of ether oxygens (including phenoxy) is 4. The summed E-state index contributed by atoms with van der Waals surface area (Å²) in [4.78, 5) is 8.99. The minimum absolute atomic E-state index is 0.208. The van der Waals surface area contributed by atoms with Gasteiger partial charge in [-0.1, -0.05) is 0 Å². The van der Waals surface area contributed by atoms with Crippen LogP contribution in [0.2, 0.25) is 0 Å². The number of hydrogen-bond acceptors (Lipinski definition) is 8. The van der Waals surface area contributed by atoms with Crippen molar-refractivity contribution >= 4 is 5.69 Å². The van der Waals surface area contributed by atoms with Crippen molar-refractivity contribution < 1.29 is 18.9 Å². The smallest absolute Gasteiger partial charge is 0.325 e. The standard InChI is InChI=1S/C25H28N4O4/c1-30-19-5-9-21(10-6-19)32-24-23(28-18-13-16-3-4-17(14-18)27-16)15-26-25(29-24)33-22-11-7-20(31-2)8-12-22/h5-12,15-18,27-28H,3-4,13-14H2,1-2H3/t16-,17-/m0/s1. The molecular weight excluding hydrogens is 420 g/mol. The maximum absolute atomic E-state index is 6.15. The maximum Gasteiger partial charge on any atom is 0.325 e. The molecule has 3 aromatic rings. The van der Waals surface area contributed by atoms with E-state index in [1.165, 1.54) is 12.8 Å². The lowest BCUT2D eigenvalue weighted by Crippen LogP contribution is -2.43. The van der Waals surface area contributed by atoms with Crippen molar-refractivity contribution in [1.29, 1.82) is 0 Å². The van der Waals surface area contributed by atoms with Crippen LogP contribution < -0.4 is 29.6 Å². The Balaban J connectivity index is 1.38. The molecule has 0 saturated carbocycles. The van der Waals surface area contributed by atoms with Crippen LogP contribution in [0.3, 0.4) is 0 Å². The van der Waals surface area contributed by atoms with E-state index in [1.807, 2.05) is 48.5 Å². The second kappa shape index (κ2) is 9.54. The van der Waals surface area contributed by atoms with Crippen LogP contribution >= 0.6 is 0 Å². The number of rotatable bonds is 8. The van der Waals surface area contributed by atoms with Gasteiger partial charge in [0.1, 0.15) is 28.7 Å². The lowest BCUT2D eigenvalue weighted by atomic mass is 10.00. The number of nitrogens with one attached hydrogen (secondary N) is 2. The fraction of sp³-hybridized carbons (Fsp3) is 0.360. The molecule has 0 spiro atoms. The molecule has 0 unspecified atom stereocenters. The highest BCUT2D eigenvalue weighted by Gasteiger charge is 2.33. The van der Waals surface area contributed by atoms with E-state index in [2.05, 4.69) is 20.6 Å². The number of benzene rings is 2. The molecule has 172 valence electrons. The largest absolute Gasteiger partial charge is 0.497 e. The summed E-state index contributed by atoms with van der Waals surface area (Å²) in [7, 11) is 3.26. The fourth-order valence-corrected chi connectivity index (χ4v) is 4.48. The third kappa shape index (κ3) is 5.12. The Bertz CT molecular complexity index is 1060. The topological polar surface area (TPSA) is 86.8 Å². The van der Waals surface area contributed by atoms with Gasteiger partial charge in [-0.25, -0.2) is 4.98 Å². The van der Waals surface area contributed by atoms with Gasteiger partial charge in [0.2, 0.25) is 5.88 Å². The average molecular weight is 449 g/mol. The predicted octanol–water partition coefficient (Wildman–Crippen LogP) is 4.77. The molecule has 8 nitrogen and oxygen atoms in total. The first-order valence-corrected chi connectivity index (χ1v) is 11.2. The minimum Gasteiger partial charge on any atom is -0.497 e. The van der Waals surface area contributed by atoms with Gasteiger partial charge < -0.3 is 29.6 Å². The van der Waals surface area contributed by atoms with Crippen LogP contribution in [0.15, 0.2) is 54.7 Å². The predicted molar refractivity (Wildman–Crippen MR) is 125 cm³/mol. The Kier molecular flexibility index (Phi) is 6.17. The Morgan fingerprint density at radius 3 is 1.91 bits per heavy atom. The molecule has 33 heavy (non-hydrogen) atoms. The van der Waals surface area contributed by atoms with Gasteiger partial charge in [-0.15, -0.1) is 0 Å². The van der Waals surface area contributed by atoms with Crippen molar-refractivity contribution in [3.8, 4) is 34.9 Å². The van der Waals surface area contributed by atoms with Crippen LogP contribution in [-0.2, 0) is 0 Å². The van der Waals surface area contributed by atoms with Gasteiger partial charge >= 0.3 is 6.01 Å². The van der Waals surface area contributed by atoms with Crippen molar-refractivity contribution in [3.05, 3.63) is 54.7 Å². The number of piperidine rings is 1. The van der Waals surface area contributed by atoms with Crippen molar-refractivity contribution in [2.45, 2.75) is 43.8 Å². The Morgan fingerprint density at radius 1 is 0.788 bits per heavy atom. The van der Waals surface area contributed by atoms with Gasteiger partial charge in [0.15, 0.2) is 0 Å². The molecule has 2 fully saturated rings. The zero-order valence-corrected chi connectivity index (χ0v) is 18.8. The number of methoxy groups -OCH3 is 2. The monoisotopic (exact) mass is 448 g/mol. The van der Waals surface area contributed by atoms with E-state index in [0.717, 1.165) is 30.0 Å². The summed E-state index contributed by atoms with van der Waals surface area (Å²) in [6.45, 7) is 0. The van der Waals surface area contributed by atoms with Crippen molar-refractivity contribution in [3.63, 3.8) is 0 Å². The molecule has 2 N–H and O–H groups in total. The van der Waals surface area contributed by atoms with Gasteiger partial charge in [0, 0.05) is 18.1 Å². The van der Waals surface area contributed by atoms with Crippen LogP contribution in [0.1, 0.15) is 25.7 Å². The number of nitrogens with zero attached hydrogens (tertiary/aromatic N) is 2. The molecule has 2 aliphatic heterocycles. The lowest BCUT2D eigenvalue weighted by molar-refractivity contribution is 0.375. The molecule has 0 amide bonds. The number of anilines is 1. The summed E-state index contributed by atoms with van der Waals surface area (Å²) < 4.78 is 22.5. The van der Waals surface area contributed by atoms with Crippen LogP contribution in [0.4, 0.5) is 5.69 Å². The van der Waals surface area contributed by atoms with E-state index in [-0.39, 0.29) is 6.01 Å². The molecule has 2 bridgehead atoms. The highest BCUT2D eigenvalue weighted by Crippen LogP contribution is 2.34. The van der Waals surface area contributed by atoms with E-state index in [9.17, 15) is 0 Å². The summed E-state index contributed by atoms with van der Waals surface area (Å²) in [5.41, 5.74) is 0.749. The molecule has 0 aliphatic carbocycles. The fourth-order valence-electron chi connectivity index (χ4n) is 4.48. The van der Waals surface area contributed by atoms with Crippen LogP contribution in [0.25, 0.3) is 0 Å². The zero-order valence-electron chi connectivity index (χ0n) is 18.8. The first-order valence-electron chi connectivity index (χ1n) is 11.2. The Hall–Kier alpha value is -3.52. The molecule has 2 atom stereocenters. The molecule has 5 rings (SSSR count). The molecule has 8 heteroatoms. The molecule has 2 aliphatic rings. The second-order valence-corrected chi connectivity index (χ2v) is 8.38. The Labute approximate surface area is 193 Å². The SMILES string of the molecule is COc1ccc(Oc2ncc(NC3C[C@@H]4CC[C@@H](C3)N4)c(Oc3ccc(OC)cc3)n2)cc1. The maximum atomic E-state index is 6.15. The van der Waals surface area contributed by atoms with Gasteiger partial charge in [0.25, 0.3) is 0 Å². The van der Waals surface area contributed by atoms with E-state index in [4.69, 9.17) is 18.9 Å². The normalized spacial score (nSPS) is 21.3. The molecule has 1 aromatic heterocycles. The first-order chi connectivity index (χ1) is 16.2. The molecule has 3 heterocycles. The quantitative estimate of drug-likeness (QED) is 0.510. The van der Waals surface area contributed by atoms with Crippen molar-refractivity contribution in [1.82, 2.24) is 15.3 Å². The van der Waals surface area contributed by atoms with Crippen molar-refractivity contribution in [2.75, 3.05) is 19.5 Å². The van der Waals surface area contributed by atoms with E-state index in [0.29, 0.717) is 35.5 Å². The van der Waals surface area contributed by atoms with Gasteiger partial charge in [-0.2, -0.15) is 4.98 Å². The molecule has 2 aromatic carbocycles. The third-order valence-corrected chi connectivity index (χ3v) is 6.11. The second-order valence-electron chi connectivity index (χ2n) is 8.38. The molecule has 2 saturated heterocycles. The third-order valence-electron chi connectivity index (χ3n) is 6.11. The van der Waals surface area contributed by atoms with E-state index < -0.39 is 0 Å². The number of fused-ring (bicyclic) bond motifs is 2. The molecule has 0 radical (unpaired) electrons. The number of hydrogen-bond donors (Lipinski definition) is 2. The summed E-state index contributed by atoms with van der Waals surface area (Å²) >= 11 is 0. The van der Waals surface area contributed by atoms with Crippen LogP contribution in [-0.4, -0.2) is 42.3 Å². The van der Waals surface area contributed by atoms with Crippen molar-refractivity contribution in [2.24, 2.45) is 0 Å². The Morgan fingerprint density at radius 2 is 1.33 bits per heavy atom. The average Bonchev–Trinajstić information content (AvgIpc) is 3.19. The van der Waals surface area contributed by atoms with Gasteiger partial charge in [-0.05, 0) is 74.2 Å². The molecular formula is C25H28N4O4. The first kappa shape index (κ1) is 21.3. The lowest BCUT2D eigenvalue weighted by Gasteiger charge is -2.30. The highest BCUT2D eigenvalue weighted by atomic mass is 16.5. The van der Waals surface area contributed by atoms with Crippen LogP contribution in [0, 0.1) is 0 Å². The highest BCUT2D eigenvalue weighted by molar-refractivity contribution is 5.54. The van der Waals surface area contributed by atoms with Gasteiger partial charge in [-0.3, -0.25) is 0 Å². The van der Waals surface area contributed by atoms with Crippen LogP contribution in [0.5, 0.6) is 34.9 Å². The summed E-state index contributed by atoms with van der Waals surface area (Å²) in [5, 5.41) is 7.29. The summed E-state index contributed by atoms with van der Waals surface area (Å²) in [5.74, 6) is 3.20. The minimum atomic E-state index is 0.208. The zero-order chi connectivity index (χ0) is 22.6.